The van der Waals surface area contributed by atoms with Gasteiger partial charge in [0.15, 0.2) is 0 Å². The fourth-order valence-electron chi connectivity index (χ4n) is 3.46. The first-order valence-corrected chi connectivity index (χ1v) is 9.75. The molecule has 0 radical (unpaired) electrons. The van der Waals surface area contributed by atoms with Crippen LogP contribution in [-0.2, 0) is 4.79 Å². The van der Waals surface area contributed by atoms with Crippen molar-refractivity contribution >= 4 is 5.97 Å². The summed E-state index contributed by atoms with van der Waals surface area (Å²) in [6, 6.07) is -0.307. The minimum absolute atomic E-state index is 0.0113. The molecule has 1 rings (SSSR count). The Morgan fingerprint density at radius 1 is 1.43 bits per heavy atom. The molecule has 0 amide bonds. The number of aliphatic hydroxyl groups is 2. The van der Waals surface area contributed by atoms with Gasteiger partial charge >= 0.3 is 5.97 Å². The Kier molecular flexibility index (Phi) is 11.0. The van der Waals surface area contributed by atoms with Crippen molar-refractivity contribution in [3.05, 3.63) is 34.7 Å². The quantitative estimate of drug-likeness (QED) is 0.124. The molecule has 1 aliphatic rings. The monoisotopic (exact) mass is 389 g/mol. The molecule has 1 unspecified atom stereocenters. The number of hydrogen-bond donors (Lipinski definition) is 3. The Balaban J connectivity index is 2.74. The number of azide groups is 1. The van der Waals surface area contributed by atoms with E-state index in [0.29, 0.717) is 32.1 Å². The van der Waals surface area contributed by atoms with Gasteiger partial charge in [-0.1, -0.05) is 36.3 Å². The third-order valence-corrected chi connectivity index (χ3v) is 5.17. The smallest absolute Gasteiger partial charge is 0.303 e. The molecule has 1 saturated carbocycles. The van der Waals surface area contributed by atoms with Crippen molar-refractivity contribution in [1.29, 1.82) is 0 Å². The molecule has 6 atom stereocenters. The molecule has 1 fully saturated rings. The number of aliphatic carboxylic acids is 1. The van der Waals surface area contributed by atoms with Crippen LogP contribution in [0.15, 0.2) is 29.4 Å². The van der Waals surface area contributed by atoms with Gasteiger partial charge in [0, 0.05) is 29.7 Å². The number of unbranched alkanes of at least 4 members (excludes halogenated alkanes) is 1. The molecule has 7 nitrogen and oxygen atoms in total. The summed E-state index contributed by atoms with van der Waals surface area (Å²) in [7, 11) is 0. The lowest BCUT2D eigenvalue weighted by Gasteiger charge is -2.21. The van der Waals surface area contributed by atoms with Crippen LogP contribution in [0.25, 0.3) is 10.4 Å². The maximum atomic E-state index is 10.5. The number of allylic oxidation sites excluding steroid dienone is 2. The van der Waals surface area contributed by atoms with Crippen LogP contribution in [0.2, 0.25) is 0 Å². The summed E-state index contributed by atoms with van der Waals surface area (Å²) in [5.74, 6) is 4.68. The topological polar surface area (TPSA) is 127 Å². The first kappa shape index (κ1) is 23.8. The predicted octanol–water partition coefficient (Wildman–Crippen LogP) is 3.83. The van der Waals surface area contributed by atoms with Crippen molar-refractivity contribution < 1.29 is 20.1 Å². The molecule has 0 spiro atoms. The van der Waals surface area contributed by atoms with Gasteiger partial charge in [-0.25, -0.2) is 0 Å². The highest BCUT2D eigenvalue weighted by molar-refractivity contribution is 5.66. The van der Waals surface area contributed by atoms with E-state index in [1.54, 1.807) is 13.0 Å². The number of rotatable bonds is 11. The summed E-state index contributed by atoms with van der Waals surface area (Å²) in [6.45, 7) is 3.68. The Bertz CT molecular complexity index is 658. The van der Waals surface area contributed by atoms with Crippen molar-refractivity contribution in [3.8, 4) is 11.8 Å². The molecule has 0 heterocycles. The number of carbonyl (C=O) groups is 1. The SMILES string of the molecule is CC#CCC(C)[C@H](O)C=C[C@@H]1[C@@H](CC=CCCCC(=O)O)[C@@H](N=[N+]=[N-])C[C@H]1O. The highest BCUT2D eigenvalue weighted by Crippen LogP contribution is 2.38. The van der Waals surface area contributed by atoms with E-state index in [2.05, 4.69) is 21.9 Å². The summed E-state index contributed by atoms with van der Waals surface area (Å²) < 4.78 is 0. The van der Waals surface area contributed by atoms with Crippen LogP contribution >= 0.6 is 0 Å². The summed E-state index contributed by atoms with van der Waals surface area (Å²) in [6.07, 6.45) is 9.14. The second-order valence-electron chi connectivity index (χ2n) is 7.29. The van der Waals surface area contributed by atoms with E-state index in [9.17, 15) is 15.0 Å². The van der Waals surface area contributed by atoms with Gasteiger partial charge in [-0.05, 0) is 50.0 Å². The number of nitrogens with zero attached hydrogens (tertiary/aromatic N) is 3. The lowest BCUT2D eigenvalue weighted by atomic mass is 9.88. The normalized spacial score (nSPS) is 26.6. The average Bonchev–Trinajstić information content (AvgIpc) is 2.95. The molecule has 0 saturated heterocycles. The zero-order chi connectivity index (χ0) is 20.9. The predicted molar refractivity (Wildman–Crippen MR) is 108 cm³/mol. The van der Waals surface area contributed by atoms with Crippen molar-refractivity contribution in [2.45, 2.75) is 70.6 Å². The fourth-order valence-corrected chi connectivity index (χ4v) is 3.46. The zero-order valence-corrected chi connectivity index (χ0v) is 16.6. The molecule has 7 heteroatoms. The molecule has 0 aromatic rings. The third kappa shape index (κ3) is 8.18. The summed E-state index contributed by atoms with van der Waals surface area (Å²) >= 11 is 0. The number of carboxylic acid groups (broad SMARTS) is 1. The van der Waals surface area contributed by atoms with E-state index in [1.807, 2.05) is 25.2 Å². The van der Waals surface area contributed by atoms with Crippen LogP contribution in [0.4, 0.5) is 0 Å². The van der Waals surface area contributed by atoms with E-state index < -0.39 is 18.2 Å². The maximum Gasteiger partial charge on any atom is 0.303 e. The standard InChI is InChI=1S/C21H31N3O4/c1-3-4-9-15(2)19(25)13-12-17-16(18(23-24-22)14-20(17)26)10-7-5-6-8-11-21(27)28/h5,7,12-13,15-20,25-26H,6,8-11,14H2,1-2H3,(H,27,28)/t15?,16-,17-,18+,19-,20-/m1/s1. The van der Waals surface area contributed by atoms with Gasteiger partial charge in [0.25, 0.3) is 0 Å². The second-order valence-corrected chi connectivity index (χ2v) is 7.29. The maximum absolute atomic E-state index is 10.5. The molecule has 0 aliphatic heterocycles. The van der Waals surface area contributed by atoms with Crippen molar-refractivity contribution in [2.24, 2.45) is 22.9 Å². The largest absolute Gasteiger partial charge is 0.481 e. The highest BCUT2D eigenvalue weighted by atomic mass is 16.4. The second kappa shape index (κ2) is 13.0. The molecular weight excluding hydrogens is 358 g/mol. The van der Waals surface area contributed by atoms with Crippen LogP contribution in [0.5, 0.6) is 0 Å². The van der Waals surface area contributed by atoms with Crippen molar-refractivity contribution in [3.63, 3.8) is 0 Å². The van der Waals surface area contributed by atoms with E-state index in [-0.39, 0.29) is 30.2 Å². The van der Waals surface area contributed by atoms with E-state index in [1.165, 1.54) is 0 Å². The van der Waals surface area contributed by atoms with Gasteiger partial charge in [0.2, 0.25) is 0 Å². The van der Waals surface area contributed by atoms with Gasteiger partial charge in [-0.3, -0.25) is 4.79 Å². The van der Waals surface area contributed by atoms with Crippen molar-refractivity contribution in [1.82, 2.24) is 0 Å². The molecule has 28 heavy (non-hydrogen) atoms. The van der Waals surface area contributed by atoms with Crippen LogP contribution in [0.3, 0.4) is 0 Å². The van der Waals surface area contributed by atoms with Gasteiger partial charge in [0.1, 0.15) is 0 Å². The van der Waals surface area contributed by atoms with E-state index in [0.717, 1.165) is 0 Å². The van der Waals surface area contributed by atoms with Gasteiger partial charge in [-0.2, -0.15) is 0 Å². The number of hydrogen-bond acceptors (Lipinski definition) is 4. The molecule has 1 aliphatic carbocycles. The van der Waals surface area contributed by atoms with E-state index >= 15 is 0 Å². The Morgan fingerprint density at radius 3 is 2.82 bits per heavy atom. The van der Waals surface area contributed by atoms with Crippen LogP contribution in [0.1, 0.15) is 52.4 Å². The van der Waals surface area contributed by atoms with Crippen molar-refractivity contribution in [2.75, 3.05) is 0 Å². The van der Waals surface area contributed by atoms with Gasteiger partial charge < -0.3 is 15.3 Å². The van der Waals surface area contributed by atoms with Gasteiger partial charge in [0.05, 0.1) is 12.2 Å². The fraction of sp³-hybridized carbons (Fsp3) is 0.667. The van der Waals surface area contributed by atoms with Crippen LogP contribution < -0.4 is 0 Å². The zero-order valence-electron chi connectivity index (χ0n) is 16.6. The Morgan fingerprint density at radius 2 is 2.18 bits per heavy atom. The van der Waals surface area contributed by atoms with Gasteiger partial charge in [-0.15, -0.1) is 11.8 Å². The molecule has 0 bridgehead atoms. The average molecular weight is 389 g/mol. The lowest BCUT2D eigenvalue weighted by molar-refractivity contribution is -0.137. The number of aliphatic hydroxyl groups excluding tert-OH is 2. The minimum atomic E-state index is -0.807. The molecule has 3 N–H and O–H groups in total. The lowest BCUT2D eigenvalue weighted by Crippen LogP contribution is -2.21. The summed E-state index contributed by atoms with van der Waals surface area (Å²) in [5, 5.41) is 33.2. The number of carboxylic acids is 1. The van der Waals surface area contributed by atoms with Crippen LogP contribution in [0, 0.1) is 29.6 Å². The van der Waals surface area contributed by atoms with E-state index in [4.69, 9.17) is 10.6 Å². The summed E-state index contributed by atoms with van der Waals surface area (Å²) in [4.78, 5) is 13.4. The first-order chi connectivity index (χ1) is 13.4. The molecule has 154 valence electrons. The highest BCUT2D eigenvalue weighted by Gasteiger charge is 2.39. The Hall–Kier alpha value is -2.26. The Labute approximate surface area is 166 Å². The third-order valence-electron chi connectivity index (χ3n) is 5.17. The first-order valence-electron chi connectivity index (χ1n) is 9.75. The molecular formula is C21H31N3O4. The van der Waals surface area contributed by atoms with Crippen LogP contribution in [-0.4, -0.2) is 39.5 Å². The summed E-state index contributed by atoms with van der Waals surface area (Å²) in [5.41, 5.74) is 8.82. The molecule has 0 aromatic heterocycles. The molecule has 0 aromatic carbocycles. The minimum Gasteiger partial charge on any atom is -0.481 e.